The van der Waals surface area contributed by atoms with Crippen molar-refractivity contribution in [1.29, 1.82) is 0 Å². The number of unbranched alkanes of at least 4 members (excludes halogenated alkanes) is 27. The second-order valence-electron chi connectivity index (χ2n) is 14.6. The highest BCUT2D eigenvalue weighted by atomic mass is 31.2. The lowest BCUT2D eigenvalue weighted by molar-refractivity contribution is -0.153. The van der Waals surface area contributed by atoms with Crippen LogP contribution in [-0.4, -0.2) is 43.3 Å². The minimum absolute atomic E-state index is 0.0349. The van der Waals surface area contributed by atoms with Gasteiger partial charge in [0.1, 0.15) is 6.61 Å². The number of esters is 1. The number of ether oxygens (including phenoxy) is 2. The summed E-state index contributed by atoms with van der Waals surface area (Å²) >= 11 is 0. The van der Waals surface area contributed by atoms with Crippen molar-refractivity contribution in [1.82, 2.24) is 0 Å². The summed E-state index contributed by atoms with van der Waals surface area (Å²) in [7, 11) is -4.29. The van der Waals surface area contributed by atoms with E-state index in [0.29, 0.717) is 6.42 Å². The van der Waals surface area contributed by atoms with E-state index >= 15 is 0 Å². The molecule has 1 unspecified atom stereocenters. The standard InChI is InChI=1S/C43H84NO7P/c1-3-5-7-9-11-13-15-17-19-21-22-24-26-28-30-32-34-36-43(45)51-42(41-50-52(46,47)49-39-37-44)40-48-38-35-33-31-29-27-25-23-20-18-16-14-12-10-8-6-4-2/h13,15,35,38,42H,3-12,14,16-34,36-37,39-41,44H2,1-2H3,(H,46,47)/b15-13+,38-35+/t42-/m1/s1. The van der Waals surface area contributed by atoms with Crippen molar-refractivity contribution < 1.29 is 32.8 Å². The van der Waals surface area contributed by atoms with Crippen LogP contribution in [0.2, 0.25) is 0 Å². The Morgan fingerprint density at radius 3 is 1.44 bits per heavy atom. The maximum Gasteiger partial charge on any atom is 0.472 e. The summed E-state index contributed by atoms with van der Waals surface area (Å²) in [6.07, 6.45) is 45.7. The molecule has 0 aliphatic rings. The van der Waals surface area contributed by atoms with Crippen molar-refractivity contribution in [2.24, 2.45) is 5.73 Å². The summed E-state index contributed by atoms with van der Waals surface area (Å²) in [6, 6.07) is 0. The molecule has 3 N–H and O–H groups in total. The van der Waals surface area contributed by atoms with Crippen molar-refractivity contribution in [2.75, 3.05) is 26.4 Å². The summed E-state index contributed by atoms with van der Waals surface area (Å²) in [6.45, 7) is 4.25. The Morgan fingerprint density at radius 1 is 0.577 bits per heavy atom. The molecule has 0 bridgehead atoms. The SMILES string of the molecule is CCCCCC/C=C/CCCCCCCCCCCC(=O)O[C@H](CO/C=C/CCCCCCCCCCCCCCCC)COP(=O)(O)OCCN. The van der Waals surface area contributed by atoms with E-state index in [-0.39, 0.29) is 32.3 Å². The number of allylic oxidation sites excluding steroid dienone is 3. The monoisotopic (exact) mass is 758 g/mol. The maximum atomic E-state index is 12.6. The van der Waals surface area contributed by atoms with E-state index in [1.807, 2.05) is 6.08 Å². The fourth-order valence-electron chi connectivity index (χ4n) is 6.19. The largest absolute Gasteiger partial charge is 0.498 e. The zero-order valence-electron chi connectivity index (χ0n) is 34.1. The minimum Gasteiger partial charge on any atom is -0.498 e. The van der Waals surface area contributed by atoms with Crippen molar-refractivity contribution in [2.45, 2.75) is 219 Å². The third kappa shape index (κ3) is 40.0. The summed E-state index contributed by atoms with van der Waals surface area (Å²) in [5.41, 5.74) is 5.36. The van der Waals surface area contributed by atoms with Crippen molar-refractivity contribution in [3.05, 3.63) is 24.5 Å². The van der Waals surface area contributed by atoms with Crippen LogP contribution in [0.15, 0.2) is 24.5 Å². The lowest BCUT2D eigenvalue weighted by Gasteiger charge is -2.19. The van der Waals surface area contributed by atoms with E-state index in [9.17, 15) is 14.3 Å². The second-order valence-corrected chi connectivity index (χ2v) is 16.1. The van der Waals surface area contributed by atoms with E-state index in [0.717, 1.165) is 32.1 Å². The second kappa shape index (κ2) is 41.0. The Labute approximate surface area is 321 Å². The van der Waals surface area contributed by atoms with Crippen molar-refractivity contribution >= 4 is 13.8 Å². The number of hydrogen-bond donors (Lipinski definition) is 2. The van der Waals surface area contributed by atoms with Gasteiger partial charge in [0, 0.05) is 13.0 Å². The van der Waals surface area contributed by atoms with Crippen LogP contribution in [0, 0.1) is 0 Å². The number of nitrogens with two attached hydrogens (primary N) is 1. The van der Waals surface area contributed by atoms with Gasteiger partial charge in [0.25, 0.3) is 0 Å². The number of phosphoric ester groups is 1. The minimum atomic E-state index is -4.29. The van der Waals surface area contributed by atoms with Crippen LogP contribution < -0.4 is 5.73 Å². The van der Waals surface area contributed by atoms with Crippen LogP contribution in [0.3, 0.4) is 0 Å². The molecule has 9 heteroatoms. The average molecular weight is 758 g/mol. The quantitative estimate of drug-likeness (QED) is 0.0208. The first-order chi connectivity index (χ1) is 25.4. The predicted molar refractivity (Wildman–Crippen MR) is 219 cm³/mol. The summed E-state index contributed by atoms with van der Waals surface area (Å²) in [5.74, 6) is -0.353. The number of rotatable bonds is 42. The molecule has 0 aliphatic carbocycles. The molecule has 0 heterocycles. The lowest BCUT2D eigenvalue weighted by Crippen LogP contribution is -2.27. The van der Waals surface area contributed by atoms with E-state index in [2.05, 4.69) is 26.0 Å². The fourth-order valence-corrected chi connectivity index (χ4v) is 6.96. The van der Waals surface area contributed by atoms with Gasteiger partial charge in [-0.25, -0.2) is 4.57 Å². The van der Waals surface area contributed by atoms with E-state index in [4.69, 9.17) is 24.3 Å². The first-order valence-electron chi connectivity index (χ1n) is 21.9. The highest BCUT2D eigenvalue weighted by Crippen LogP contribution is 2.43. The molecule has 0 aromatic heterocycles. The van der Waals surface area contributed by atoms with Gasteiger partial charge in [-0.15, -0.1) is 0 Å². The van der Waals surface area contributed by atoms with Crippen molar-refractivity contribution in [3.8, 4) is 0 Å². The molecule has 0 spiro atoms. The fraction of sp³-hybridized carbons (Fsp3) is 0.884. The zero-order chi connectivity index (χ0) is 38.1. The molecular formula is C43H84NO7P. The predicted octanol–water partition coefficient (Wildman–Crippen LogP) is 13.2. The summed E-state index contributed by atoms with van der Waals surface area (Å²) in [4.78, 5) is 22.4. The molecule has 52 heavy (non-hydrogen) atoms. The maximum absolute atomic E-state index is 12.6. The highest BCUT2D eigenvalue weighted by Gasteiger charge is 2.25. The Morgan fingerprint density at radius 2 is 0.981 bits per heavy atom. The molecule has 308 valence electrons. The van der Waals surface area contributed by atoms with Gasteiger partial charge in [-0.3, -0.25) is 13.8 Å². The van der Waals surface area contributed by atoms with Gasteiger partial charge in [-0.2, -0.15) is 0 Å². The number of carbonyl (C=O) groups is 1. The first kappa shape index (κ1) is 50.8. The van der Waals surface area contributed by atoms with Gasteiger partial charge in [-0.05, 0) is 51.0 Å². The third-order valence-electron chi connectivity index (χ3n) is 9.44. The molecule has 0 saturated carbocycles. The summed E-state index contributed by atoms with van der Waals surface area (Å²) < 4.78 is 33.2. The van der Waals surface area contributed by atoms with E-state index < -0.39 is 13.9 Å². The highest BCUT2D eigenvalue weighted by molar-refractivity contribution is 7.47. The molecule has 0 aromatic carbocycles. The number of phosphoric acid groups is 1. The van der Waals surface area contributed by atoms with Gasteiger partial charge in [0.05, 0.1) is 19.5 Å². The van der Waals surface area contributed by atoms with E-state index in [1.165, 1.54) is 161 Å². The molecule has 2 atom stereocenters. The van der Waals surface area contributed by atoms with Gasteiger partial charge >= 0.3 is 13.8 Å². The molecule has 0 amide bonds. The van der Waals surface area contributed by atoms with Gasteiger partial charge < -0.3 is 20.1 Å². The summed E-state index contributed by atoms with van der Waals surface area (Å²) in [5, 5.41) is 0. The molecule has 0 rings (SSSR count). The molecule has 0 aliphatic heterocycles. The Kier molecular flexibility index (Phi) is 40.1. The molecule has 8 nitrogen and oxygen atoms in total. The van der Waals surface area contributed by atoms with Gasteiger partial charge in [0.2, 0.25) is 0 Å². The van der Waals surface area contributed by atoms with Crippen LogP contribution in [-0.2, 0) is 27.9 Å². The lowest BCUT2D eigenvalue weighted by atomic mass is 10.0. The third-order valence-corrected chi connectivity index (χ3v) is 10.4. The molecule has 0 saturated heterocycles. The van der Waals surface area contributed by atoms with Crippen LogP contribution in [0.25, 0.3) is 0 Å². The average Bonchev–Trinajstić information content (AvgIpc) is 3.13. The van der Waals surface area contributed by atoms with Crippen LogP contribution in [0.4, 0.5) is 0 Å². The van der Waals surface area contributed by atoms with Gasteiger partial charge in [0.15, 0.2) is 6.10 Å². The molecular weight excluding hydrogens is 673 g/mol. The van der Waals surface area contributed by atoms with Crippen molar-refractivity contribution in [3.63, 3.8) is 0 Å². The smallest absolute Gasteiger partial charge is 0.472 e. The molecule has 0 radical (unpaired) electrons. The zero-order valence-corrected chi connectivity index (χ0v) is 35.0. The topological polar surface area (TPSA) is 117 Å². The normalized spacial score (nSPS) is 13.6. The van der Waals surface area contributed by atoms with Gasteiger partial charge in [-0.1, -0.05) is 174 Å². The Balaban J connectivity index is 4.05. The van der Waals surface area contributed by atoms with Crippen LogP contribution >= 0.6 is 7.82 Å². The Bertz CT molecular complexity index is 853. The van der Waals surface area contributed by atoms with E-state index in [1.54, 1.807) is 6.26 Å². The number of carbonyl (C=O) groups excluding carboxylic acids is 1. The van der Waals surface area contributed by atoms with Crippen LogP contribution in [0.1, 0.15) is 213 Å². The first-order valence-corrected chi connectivity index (χ1v) is 23.4. The van der Waals surface area contributed by atoms with Crippen LogP contribution in [0.5, 0.6) is 0 Å². The number of hydrogen-bond acceptors (Lipinski definition) is 7. The molecule has 0 aromatic rings. The molecule has 0 fully saturated rings. The Hall–Kier alpha value is -1.18.